The topological polar surface area (TPSA) is 45.1 Å². The molecule has 0 aliphatic heterocycles. The molecule has 0 amide bonds. The van der Waals surface area contributed by atoms with Gasteiger partial charge in [0.25, 0.3) is 5.56 Å². The van der Waals surface area contributed by atoms with Crippen LogP contribution in [0.25, 0.3) is 16.9 Å². The summed E-state index contributed by atoms with van der Waals surface area (Å²) < 4.78 is 1.67. The second-order valence-electron chi connectivity index (χ2n) is 6.21. The van der Waals surface area contributed by atoms with E-state index in [-0.39, 0.29) is 17.2 Å². The Morgan fingerprint density at radius 2 is 1.46 bits per heavy atom. The van der Waals surface area contributed by atoms with Gasteiger partial charge in [-0.2, -0.15) is 0 Å². The van der Waals surface area contributed by atoms with Gasteiger partial charge in [0.05, 0.1) is 5.69 Å². The molecule has 0 fully saturated rings. The minimum absolute atomic E-state index is 0.122. The van der Waals surface area contributed by atoms with Gasteiger partial charge >= 0.3 is 0 Å². The summed E-state index contributed by atoms with van der Waals surface area (Å²) in [5.41, 5.74) is 3.02. The molecule has 0 aliphatic rings. The first-order valence-corrected chi connectivity index (χ1v) is 8.09. The van der Waals surface area contributed by atoms with E-state index in [2.05, 4.69) is 0 Å². The molecule has 0 radical (unpaired) electrons. The third-order valence-electron chi connectivity index (χ3n) is 4.24. The first kappa shape index (κ1) is 16.1. The Balaban J connectivity index is 2.47. The second-order valence-corrected chi connectivity index (χ2v) is 6.21. The van der Waals surface area contributed by atoms with E-state index in [9.17, 15) is 9.90 Å². The Morgan fingerprint density at radius 1 is 0.917 bits per heavy atom. The highest BCUT2D eigenvalue weighted by Crippen LogP contribution is 2.33. The van der Waals surface area contributed by atoms with E-state index in [0.717, 1.165) is 11.3 Å². The molecule has 0 spiro atoms. The fourth-order valence-corrected chi connectivity index (χ4v) is 3.07. The maximum atomic E-state index is 13.1. The van der Waals surface area contributed by atoms with Crippen LogP contribution in [0.15, 0.2) is 65.5 Å². The molecule has 1 heterocycles. The Bertz CT molecular complexity index is 910. The van der Waals surface area contributed by atoms with Crippen molar-refractivity contribution in [1.82, 2.24) is 4.57 Å². The SMILES string of the molecule is Cc1c([O-])c(C(C)C)c(=O)n(-c2ccccc2)c1-c1ccccc1. The summed E-state index contributed by atoms with van der Waals surface area (Å²) in [7, 11) is 0. The van der Waals surface area contributed by atoms with Crippen LogP contribution in [0.1, 0.15) is 30.9 Å². The third-order valence-corrected chi connectivity index (χ3v) is 4.24. The number of hydrogen-bond donors (Lipinski definition) is 0. The Hall–Kier alpha value is -2.81. The molecule has 3 aromatic rings. The van der Waals surface area contributed by atoms with Gasteiger partial charge < -0.3 is 5.11 Å². The zero-order valence-electron chi connectivity index (χ0n) is 14.1. The number of hydrogen-bond acceptors (Lipinski definition) is 2. The molecule has 1 aromatic heterocycles. The van der Waals surface area contributed by atoms with Crippen molar-refractivity contribution in [3.8, 4) is 22.7 Å². The van der Waals surface area contributed by atoms with Crippen molar-refractivity contribution < 1.29 is 5.11 Å². The lowest BCUT2D eigenvalue weighted by Crippen LogP contribution is -2.27. The molecule has 0 bridgehead atoms. The van der Waals surface area contributed by atoms with Gasteiger partial charge in [-0.15, -0.1) is 0 Å². The van der Waals surface area contributed by atoms with Crippen molar-refractivity contribution >= 4 is 0 Å². The van der Waals surface area contributed by atoms with E-state index in [0.29, 0.717) is 16.8 Å². The van der Waals surface area contributed by atoms with Crippen LogP contribution >= 0.6 is 0 Å². The van der Waals surface area contributed by atoms with Crippen molar-refractivity contribution in [2.45, 2.75) is 26.7 Å². The average molecular weight is 318 g/mol. The number of pyridine rings is 1. The zero-order chi connectivity index (χ0) is 17.3. The largest absolute Gasteiger partial charge is 0.872 e. The minimum Gasteiger partial charge on any atom is -0.872 e. The molecule has 0 N–H and O–H groups in total. The van der Waals surface area contributed by atoms with E-state index < -0.39 is 0 Å². The van der Waals surface area contributed by atoms with Crippen LogP contribution in [0.4, 0.5) is 0 Å². The van der Waals surface area contributed by atoms with E-state index >= 15 is 0 Å². The smallest absolute Gasteiger partial charge is 0.258 e. The van der Waals surface area contributed by atoms with E-state index in [1.807, 2.05) is 74.5 Å². The second kappa shape index (κ2) is 6.36. The zero-order valence-corrected chi connectivity index (χ0v) is 14.1. The van der Waals surface area contributed by atoms with Gasteiger partial charge in [0.1, 0.15) is 0 Å². The first-order valence-electron chi connectivity index (χ1n) is 8.09. The van der Waals surface area contributed by atoms with Gasteiger partial charge in [-0.05, 0) is 36.1 Å². The average Bonchev–Trinajstić information content (AvgIpc) is 2.59. The van der Waals surface area contributed by atoms with Crippen molar-refractivity contribution in [2.24, 2.45) is 0 Å². The molecule has 24 heavy (non-hydrogen) atoms. The van der Waals surface area contributed by atoms with Crippen LogP contribution in [0.5, 0.6) is 5.75 Å². The van der Waals surface area contributed by atoms with Gasteiger partial charge in [-0.1, -0.05) is 68.1 Å². The Labute approximate surface area is 141 Å². The number of benzene rings is 2. The molecule has 0 unspecified atom stereocenters. The first-order chi connectivity index (χ1) is 11.5. The van der Waals surface area contributed by atoms with Crippen LogP contribution < -0.4 is 10.7 Å². The van der Waals surface area contributed by atoms with E-state index in [4.69, 9.17) is 0 Å². The molecule has 3 heteroatoms. The Kier molecular flexibility index (Phi) is 4.26. The molecule has 0 aliphatic carbocycles. The Morgan fingerprint density at radius 3 is 2.00 bits per heavy atom. The van der Waals surface area contributed by atoms with Crippen molar-refractivity contribution in [3.63, 3.8) is 0 Å². The van der Waals surface area contributed by atoms with Gasteiger partial charge in [-0.3, -0.25) is 9.36 Å². The van der Waals surface area contributed by atoms with E-state index in [1.165, 1.54) is 0 Å². The third kappa shape index (κ3) is 2.62. The quantitative estimate of drug-likeness (QED) is 0.732. The standard InChI is InChI=1S/C21H21NO2/c1-14(2)18-20(23)15(3)19(16-10-6-4-7-11-16)22(21(18)24)17-12-8-5-9-13-17/h4-14,23H,1-3H3/p-1. The summed E-state index contributed by atoms with van der Waals surface area (Å²) in [6, 6.07) is 19.1. The van der Waals surface area contributed by atoms with Gasteiger partial charge in [0.2, 0.25) is 0 Å². The normalized spacial score (nSPS) is 11.0. The molecule has 122 valence electrons. The molecule has 3 rings (SSSR count). The number of rotatable bonds is 3. The molecular weight excluding hydrogens is 298 g/mol. The summed E-state index contributed by atoms with van der Waals surface area (Å²) >= 11 is 0. The maximum absolute atomic E-state index is 13.1. The lowest BCUT2D eigenvalue weighted by atomic mass is 9.97. The number of nitrogens with zero attached hydrogens (tertiary/aromatic N) is 1. The van der Waals surface area contributed by atoms with Gasteiger partial charge in [0.15, 0.2) is 0 Å². The van der Waals surface area contributed by atoms with Gasteiger partial charge in [0, 0.05) is 11.3 Å². The van der Waals surface area contributed by atoms with Crippen LogP contribution in [0.3, 0.4) is 0 Å². The minimum atomic E-state index is -0.231. The lowest BCUT2D eigenvalue weighted by Gasteiger charge is -2.26. The van der Waals surface area contributed by atoms with Gasteiger partial charge in [-0.25, -0.2) is 0 Å². The summed E-state index contributed by atoms with van der Waals surface area (Å²) in [6.07, 6.45) is 0. The van der Waals surface area contributed by atoms with Crippen LogP contribution in [0, 0.1) is 6.92 Å². The lowest BCUT2D eigenvalue weighted by molar-refractivity contribution is -0.270. The van der Waals surface area contributed by atoms with Crippen LogP contribution in [-0.4, -0.2) is 4.57 Å². The highest BCUT2D eigenvalue weighted by molar-refractivity contribution is 5.69. The van der Waals surface area contributed by atoms with Crippen molar-refractivity contribution in [2.75, 3.05) is 0 Å². The van der Waals surface area contributed by atoms with E-state index in [1.54, 1.807) is 11.5 Å². The highest BCUT2D eigenvalue weighted by atomic mass is 16.3. The summed E-state index contributed by atoms with van der Waals surface area (Å²) in [6.45, 7) is 5.57. The molecule has 2 aromatic carbocycles. The van der Waals surface area contributed by atoms with Crippen molar-refractivity contribution in [3.05, 3.63) is 82.1 Å². The number of para-hydroxylation sites is 1. The predicted molar refractivity (Wildman–Crippen MR) is 95.7 cm³/mol. The maximum Gasteiger partial charge on any atom is 0.258 e. The molecular formula is C21H20NO2-. The molecule has 0 saturated heterocycles. The summed E-state index contributed by atoms with van der Waals surface area (Å²) in [4.78, 5) is 13.1. The number of aromatic nitrogens is 1. The fourth-order valence-electron chi connectivity index (χ4n) is 3.07. The molecule has 0 saturated carbocycles. The highest BCUT2D eigenvalue weighted by Gasteiger charge is 2.18. The fraction of sp³-hybridized carbons (Fsp3) is 0.190. The van der Waals surface area contributed by atoms with Crippen LogP contribution in [0.2, 0.25) is 0 Å². The predicted octanol–water partition coefficient (Wildman–Crippen LogP) is 4.01. The summed E-state index contributed by atoms with van der Waals surface area (Å²) in [5.74, 6) is -0.274. The van der Waals surface area contributed by atoms with Crippen LogP contribution in [-0.2, 0) is 0 Å². The monoisotopic (exact) mass is 318 g/mol. The summed E-state index contributed by atoms with van der Waals surface area (Å²) in [5, 5.41) is 12.8. The van der Waals surface area contributed by atoms with Crippen molar-refractivity contribution in [1.29, 1.82) is 0 Å². The molecule has 0 atom stereocenters. The molecule has 3 nitrogen and oxygen atoms in total.